The fourth-order valence-electron chi connectivity index (χ4n) is 6.76. The molecule has 13 heteroatoms. The van der Waals surface area contributed by atoms with Crippen LogP contribution >= 0.6 is 0 Å². The van der Waals surface area contributed by atoms with Crippen molar-refractivity contribution in [3.63, 3.8) is 0 Å². The van der Waals surface area contributed by atoms with E-state index < -0.39 is 18.1 Å². The summed E-state index contributed by atoms with van der Waals surface area (Å²) in [6.45, 7) is 3.88. The Morgan fingerprint density at radius 1 is 0.596 bits per heavy atom. The minimum Gasteiger partial charge on any atom is -0.481 e. The second-order valence-electron chi connectivity index (χ2n) is 14.4. The van der Waals surface area contributed by atoms with Gasteiger partial charge < -0.3 is 44.8 Å². The van der Waals surface area contributed by atoms with Crippen LogP contribution in [-0.2, 0) is 38.1 Å². The molecule has 57 heavy (non-hydrogen) atoms. The van der Waals surface area contributed by atoms with Crippen molar-refractivity contribution < 1.29 is 48.0 Å². The fourth-order valence-corrected chi connectivity index (χ4v) is 6.76. The highest BCUT2D eigenvalue weighted by molar-refractivity contribution is 5.81. The van der Waals surface area contributed by atoms with Crippen molar-refractivity contribution >= 4 is 30.2 Å². The van der Waals surface area contributed by atoms with Crippen LogP contribution in [0.15, 0.2) is 48.5 Å². The topological polar surface area (TPSA) is 179 Å². The second-order valence-corrected chi connectivity index (χ2v) is 14.4. The van der Waals surface area contributed by atoms with E-state index in [2.05, 4.69) is 40.2 Å². The van der Waals surface area contributed by atoms with Gasteiger partial charge in [0.25, 0.3) is 0 Å². The van der Waals surface area contributed by atoms with Crippen LogP contribution in [0.4, 0.5) is 4.79 Å². The minimum atomic E-state index is -0.726. The van der Waals surface area contributed by atoms with Crippen LogP contribution in [0.1, 0.15) is 120 Å². The van der Waals surface area contributed by atoms with E-state index >= 15 is 0 Å². The van der Waals surface area contributed by atoms with E-state index in [0.29, 0.717) is 78.3 Å². The number of hydrogen-bond donors (Lipinski definition) is 4. The first kappa shape index (κ1) is 47.0. The summed E-state index contributed by atoms with van der Waals surface area (Å²) in [4.78, 5) is 58.7. The molecule has 3 rings (SSSR count). The number of ether oxygens (including phenoxy) is 4. The molecule has 0 aromatic heterocycles. The molecule has 0 heterocycles. The fraction of sp³-hybridized carbons (Fsp3) is 0.614. The minimum absolute atomic E-state index is 0.0313. The molecular formula is C44H65N3O10. The third kappa shape index (κ3) is 20.6. The molecule has 0 aliphatic heterocycles. The maximum atomic E-state index is 12.3. The summed E-state index contributed by atoms with van der Waals surface area (Å²) in [6.07, 6.45) is 12.7. The van der Waals surface area contributed by atoms with E-state index in [-0.39, 0.29) is 43.6 Å². The highest BCUT2D eigenvalue weighted by atomic mass is 16.6. The number of unbranched alkanes of at least 4 members (excludes halogenated alkanes) is 9. The van der Waals surface area contributed by atoms with Gasteiger partial charge in [0, 0.05) is 51.5 Å². The summed E-state index contributed by atoms with van der Waals surface area (Å²) in [6, 6.07) is 15.8. The smallest absolute Gasteiger partial charge is 0.407 e. The third-order valence-corrected chi connectivity index (χ3v) is 9.85. The van der Waals surface area contributed by atoms with Gasteiger partial charge in [0.2, 0.25) is 11.8 Å². The lowest BCUT2D eigenvalue weighted by Crippen LogP contribution is -2.37. The first-order valence-electron chi connectivity index (χ1n) is 20.9. The number of aliphatic carboxylic acids is 1. The lowest BCUT2D eigenvalue weighted by atomic mass is 9.98. The van der Waals surface area contributed by atoms with Gasteiger partial charge in [-0.25, -0.2) is 4.79 Å². The van der Waals surface area contributed by atoms with Gasteiger partial charge in [-0.1, -0.05) is 99.9 Å². The van der Waals surface area contributed by atoms with Gasteiger partial charge >= 0.3 is 12.1 Å². The Morgan fingerprint density at radius 3 is 1.63 bits per heavy atom. The molecule has 1 atom stereocenters. The van der Waals surface area contributed by atoms with Gasteiger partial charge in [0.15, 0.2) is 0 Å². The third-order valence-electron chi connectivity index (χ3n) is 9.85. The number of carboxylic acid groups (broad SMARTS) is 1. The summed E-state index contributed by atoms with van der Waals surface area (Å²) in [5.74, 6) is -1.03. The molecule has 0 saturated heterocycles. The average molecular weight is 796 g/mol. The van der Waals surface area contributed by atoms with Crippen molar-refractivity contribution in [2.45, 2.75) is 115 Å². The number of fused-ring (bicyclic) bond motifs is 3. The van der Waals surface area contributed by atoms with E-state index in [1.165, 1.54) is 22.3 Å². The van der Waals surface area contributed by atoms with Crippen molar-refractivity contribution in [3.8, 4) is 11.1 Å². The lowest BCUT2D eigenvalue weighted by molar-refractivity contribution is -0.137. The van der Waals surface area contributed by atoms with Crippen molar-refractivity contribution in [1.82, 2.24) is 16.0 Å². The maximum Gasteiger partial charge on any atom is 0.407 e. The summed E-state index contributed by atoms with van der Waals surface area (Å²) in [5.41, 5.74) is 4.75. The molecule has 3 amide bonds. The summed E-state index contributed by atoms with van der Waals surface area (Å²) in [5, 5.41) is 17.0. The normalized spacial score (nSPS) is 12.4. The second kappa shape index (κ2) is 29.8. The molecule has 0 radical (unpaired) electrons. The monoisotopic (exact) mass is 795 g/mol. The molecule has 0 fully saturated rings. The number of carbonyl (C=O) groups excluding carboxylic acids is 4. The molecule has 1 aliphatic carbocycles. The Morgan fingerprint density at radius 2 is 1.09 bits per heavy atom. The lowest BCUT2D eigenvalue weighted by Gasteiger charge is -2.14. The zero-order valence-electron chi connectivity index (χ0n) is 33.6. The van der Waals surface area contributed by atoms with Crippen LogP contribution < -0.4 is 16.0 Å². The Kier molecular flexibility index (Phi) is 24.6. The van der Waals surface area contributed by atoms with Crippen molar-refractivity contribution in [2.75, 3.05) is 59.3 Å². The van der Waals surface area contributed by atoms with E-state index in [1.54, 1.807) is 0 Å². The van der Waals surface area contributed by atoms with Crippen LogP contribution in [-0.4, -0.2) is 101 Å². The Bertz CT molecular complexity index is 1430. The molecule has 4 N–H and O–H groups in total. The number of carbonyl (C=O) groups is 5. The maximum absolute atomic E-state index is 12.3. The predicted molar refractivity (Wildman–Crippen MR) is 218 cm³/mol. The standard InChI is InChI=1S/C44H65N3O10/c48-33-35(47-42(50)21-9-7-5-3-1-2-4-6-8-10-22-43(51)52)23-24-41(49)45-25-15-27-54-29-31-56-32-30-55-28-16-26-46-44(53)57-34-40-38-19-13-11-17-36(38)37-18-12-14-20-39(37)40/h11-14,17-20,33,35,40H,1-10,15-16,21-32,34H2,(H,45,49)(H,46,53)(H,47,50)(H,51,52). The molecule has 0 bridgehead atoms. The van der Waals surface area contributed by atoms with E-state index in [0.717, 1.165) is 64.2 Å². The molecule has 2 aromatic rings. The molecular weight excluding hydrogens is 730 g/mol. The number of rotatable bonds is 34. The van der Waals surface area contributed by atoms with Gasteiger partial charge in [-0.15, -0.1) is 0 Å². The van der Waals surface area contributed by atoms with Crippen LogP contribution in [0.5, 0.6) is 0 Å². The first-order valence-corrected chi connectivity index (χ1v) is 20.9. The average Bonchev–Trinajstić information content (AvgIpc) is 3.53. The molecule has 13 nitrogen and oxygen atoms in total. The Hall–Kier alpha value is -4.33. The Balaban J connectivity index is 1.04. The molecule has 316 valence electrons. The van der Waals surface area contributed by atoms with Crippen LogP contribution in [0.25, 0.3) is 11.1 Å². The summed E-state index contributed by atoms with van der Waals surface area (Å²) >= 11 is 0. The van der Waals surface area contributed by atoms with Crippen molar-refractivity contribution in [3.05, 3.63) is 59.7 Å². The van der Waals surface area contributed by atoms with Crippen LogP contribution in [0.2, 0.25) is 0 Å². The summed E-state index contributed by atoms with van der Waals surface area (Å²) in [7, 11) is 0. The zero-order chi connectivity index (χ0) is 40.8. The Labute approximate surface area is 338 Å². The predicted octanol–water partition coefficient (Wildman–Crippen LogP) is 6.70. The van der Waals surface area contributed by atoms with Crippen molar-refractivity contribution in [1.29, 1.82) is 0 Å². The van der Waals surface area contributed by atoms with Crippen LogP contribution in [0.3, 0.4) is 0 Å². The first-order chi connectivity index (χ1) is 27.9. The molecule has 2 aromatic carbocycles. The quantitative estimate of drug-likeness (QED) is 0.0440. The van der Waals surface area contributed by atoms with Gasteiger partial charge in [0.1, 0.15) is 12.9 Å². The van der Waals surface area contributed by atoms with Gasteiger partial charge in [-0.3, -0.25) is 14.4 Å². The largest absolute Gasteiger partial charge is 0.481 e. The zero-order valence-corrected chi connectivity index (χ0v) is 33.6. The highest BCUT2D eigenvalue weighted by Crippen LogP contribution is 2.44. The molecule has 0 spiro atoms. The number of alkyl carbamates (subject to hydrolysis) is 1. The highest BCUT2D eigenvalue weighted by Gasteiger charge is 2.29. The van der Waals surface area contributed by atoms with Crippen molar-refractivity contribution in [2.24, 2.45) is 0 Å². The number of hydrogen-bond acceptors (Lipinski definition) is 9. The number of aldehydes is 1. The van der Waals surface area contributed by atoms with Gasteiger partial charge in [-0.05, 0) is 54.4 Å². The number of carboxylic acids is 1. The van der Waals surface area contributed by atoms with E-state index in [4.69, 9.17) is 24.1 Å². The number of amides is 3. The van der Waals surface area contributed by atoms with Crippen LogP contribution in [0, 0.1) is 0 Å². The number of nitrogens with one attached hydrogen (secondary N) is 3. The van der Waals surface area contributed by atoms with E-state index in [9.17, 15) is 24.0 Å². The summed E-state index contributed by atoms with van der Waals surface area (Å²) < 4.78 is 22.2. The van der Waals surface area contributed by atoms with Gasteiger partial charge in [-0.2, -0.15) is 0 Å². The molecule has 1 aliphatic rings. The molecule has 1 unspecified atom stereocenters. The number of benzene rings is 2. The van der Waals surface area contributed by atoms with Gasteiger partial charge in [0.05, 0.1) is 32.5 Å². The SMILES string of the molecule is O=CC(CCC(=O)NCCCOCCOCCOCCCNC(=O)OCC1c2ccccc2-c2ccccc21)NC(=O)CCCCCCCCCCCCC(=O)O. The molecule has 0 saturated carbocycles. The van der Waals surface area contributed by atoms with E-state index in [1.807, 2.05) is 24.3 Å².